The number of β-lactam (4-membered cyclic amide) rings is 1. The van der Waals surface area contributed by atoms with E-state index in [1.807, 2.05) is 18.2 Å². The molecule has 1 aliphatic carbocycles. The molecule has 2 aliphatic heterocycles. The van der Waals surface area contributed by atoms with Crippen LogP contribution in [0.3, 0.4) is 0 Å². The third-order valence-electron chi connectivity index (χ3n) is 4.38. The van der Waals surface area contributed by atoms with Crippen LogP contribution in [-0.2, 0) is 14.4 Å². The van der Waals surface area contributed by atoms with Gasteiger partial charge in [-0.3, -0.25) is 14.5 Å². The van der Waals surface area contributed by atoms with E-state index in [9.17, 15) is 19.5 Å². The maximum atomic E-state index is 12.3. The van der Waals surface area contributed by atoms with Crippen LogP contribution in [0.25, 0.3) is 0 Å². The van der Waals surface area contributed by atoms with Gasteiger partial charge in [-0.25, -0.2) is 4.79 Å². The zero-order valence-corrected chi connectivity index (χ0v) is 14.0. The summed E-state index contributed by atoms with van der Waals surface area (Å²) < 4.78 is 0. The molecular formula is C16H19N3O4S. The molecule has 0 unspecified atom stereocenters. The minimum atomic E-state index is -1.12. The molecular weight excluding hydrogens is 330 g/mol. The number of carbonyl (C=O) groups excluding carboxylic acids is 2. The van der Waals surface area contributed by atoms with Gasteiger partial charge in [0.25, 0.3) is 5.91 Å². The molecule has 0 aromatic carbocycles. The summed E-state index contributed by atoms with van der Waals surface area (Å²) in [6.45, 7) is 1.70. The van der Waals surface area contributed by atoms with Gasteiger partial charge in [0.05, 0.1) is 0 Å². The third kappa shape index (κ3) is 2.76. The Balaban J connectivity index is 1.68. The fourth-order valence-corrected chi connectivity index (χ4v) is 4.35. The van der Waals surface area contributed by atoms with Gasteiger partial charge in [-0.1, -0.05) is 18.2 Å². The third-order valence-corrected chi connectivity index (χ3v) is 5.80. The minimum Gasteiger partial charge on any atom is -0.477 e. The van der Waals surface area contributed by atoms with Gasteiger partial charge in [0.15, 0.2) is 0 Å². The average molecular weight is 349 g/mol. The van der Waals surface area contributed by atoms with Crippen LogP contribution in [0.1, 0.15) is 19.8 Å². The van der Waals surface area contributed by atoms with Crippen LogP contribution >= 0.6 is 11.8 Å². The Hall–Kier alpha value is -2.06. The number of allylic oxidation sites excluding steroid dienone is 3. The van der Waals surface area contributed by atoms with Crippen LogP contribution in [0, 0.1) is 0 Å². The fourth-order valence-electron chi connectivity index (χ4n) is 3.06. The van der Waals surface area contributed by atoms with Crippen LogP contribution < -0.4 is 11.1 Å². The van der Waals surface area contributed by atoms with Gasteiger partial charge < -0.3 is 16.2 Å². The number of amides is 2. The van der Waals surface area contributed by atoms with Gasteiger partial charge >= 0.3 is 5.97 Å². The Morgan fingerprint density at radius 1 is 1.46 bits per heavy atom. The Bertz CT molecular complexity index is 697. The van der Waals surface area contributed by atoms with Crippen molar-refractivity contribution in [3.63, 3.8) is 0 Å². The van der Waals surface area contributed by atoms with E-state index >= 15 is 0 Å². The normalized spacial score (nSPS) is 27.2. The number of fused-ring (bicyclic) bond motifs is 1. The second kappa shape index (κ2) is 6.45. The molecule has 1 saturated heterocycles. The quantitative estimate of drug-likeness (QED) is 0.499. The monoisotopic (exact) mass is 349 g/mol. The second-order valence-electron chi connectivity index (χ2n) is 6.00. The first-order valence-electron chi connectivity index (χ1n) is 7.69. The van der Waals surface area contributed by atoms with Crippen LogP contribution in [0.5, 0.6) is 0 Å². The van der Waals surface area contributed by atoms with E-state index in [1.165, 1.54) is 16.7 Å². The summed E-state index contributed by atoms with van der Waals surface area (Å²) in [5.74, 6) is -1.41. The number of nitrogens with zero attached hydrogens (tertiary/aromatic N) is 1. The number of thioether (sulfide) groups is 1. The maximum Gasteiger partial charge on any atom is 0.352 e. The van der Waals surface area contributed by atoms with Gasteiger partial charge in [-0.05, 0) is 30.9 Å². The fraction of sp³-hybridized carbons (Fsp3) is 0.438. The topological polar surface area (TPSA) is 113 Å². The second-order valence-corrected chi connectivity index (χ2v) is 7.10. The van der Waals surface area contributed by atoms with Crippen molar-refractivity contribution in [1.29, 1.82) is 0 Å². The van der Waals surface area contributed by atoms with Gasteiger partial charge in [0.2, 0.25) is 5.91 Å². The van der Waals surface area contributed by atoms with Crippen molar-refractivity contribution < 1.29 is 19.5 Å². The highest BCUT2D eigenvalue weighted by molar-refractivity contribution is 8.00. The molecule has 4 N–H and O–H groups in total. The molecule has 8 heteroatoms. The van der Waals surface area contributed by atoms with E-state index in [0.29, 0.717) is 17.7 Å². The SMILES string of the molecule is CC1=C(C(=O)O)N2C(=O)[C@@H](NC(=O)[C@H](N)C3=CCC=CC3)[C@@H]2SC1. The first-order chi connectivity index (χ1) is 11.4. The summed E-state index contributed by atoms with van der Waals surface area (Å²) in [6, 6.07) is -1.52. The number of hydrogen-bond acceptors (Lipinski definition) is 5. The van der Waals surface area contributed by atoms with Gasteiger partial charge in [-0.2, -0.15) is 0 Å². The lowest BCUT2D eigenvalue weighted by Crippen LogP contribution is -2.71. The zero-order chi connectivity index (χ0) is 17.4. The Morgan fingerprint density at radius 2 is 2.21 bits per heavy atom. The summed E-state index contributed by atoms with van der Waals surface area (Å²) in [7, 11) is 0. The molecule has 1 fully saturated rings. The molecule has 3 aliphatic rings. The molecule has 2 heterocycles. The summed E-state index contributed by atoms with van der Waals surface area (Å²) >= 11 is 1.45. The summed E-state index contributed by atoms with van der Waals surface area (Å²) in [5, 5.41) is 11.6. The van der Waals surface area contributed by atoms with Crippen molar-refractivity contribution in [3.05, 3.63) is 35.1 Å². The largest absolute Gasteiger partial charge is 0.477 e. The van der Waals surface area contributed by atoms with E-state index in [0.717, 1.165) is 12.0 Å². The van der Waals surface area contributed by atoms with Crippen molar-refractivity contribution >= 4 is 29.5 Å². The molecule has 2 amide bonds. The van der Waals surface area contributed by atoms with Crippen LogP contribution in [-0.4, -0.2) is 51.0 Å². The van der Waals surface area contributed by atoms with E-state index in [1.54, 1.807) is 6.92 Å². The number of aliphatic carboxylic acids is 1. The number of nitrogens with two attached hydrogens (primary N) is 1. The lowest BCUT2D eigenvalue weighted by molar-refractivity contribution is -0.150. The molecule has 3 atom stereocenters. The highest BCUT2D eigenvalue weighted by Gasteiger charge is 2.53. The standard InChI is InChI=1S/C16H19N3O4S/c1-8-7-24-15-11(14(21)19(15)12(8)16(22)23)18-13(20)10(17)9-5-3-2-4-6-9/h2-3,6,10-11,15H,4-5,7,17H2,1H3,(H,18,20)(H,22,23)/t10-,11-,15+/m1/s1. The van der Waals surface area contributed by atoms with Crippen molar-refractivity contribution in [2.45, 2.75) is 37.2 Å². The van der Waals surface area contributed by atoms with Crippen molar-refractivity contribution in [3.8, 4) is 0 Å². The lowest BCUT2D eigenvalue weighted by atomic mass is 9.97. The van der Waals surface area contributed by atoms with Crippen molar-refractivity contribution in [2.75, 3.05) is 5.75 Å². The number of rotatable bonds is 4. The molecule has 0 bridgehead atoms. The van der Waals surface area contributed by atoms with Gasteiger partial charge in [0, 0.05) is 5.75 Å². The molecule has 24 heavy (non-hydrogen) atoms. The van der Waals surface area contributed by atoms with E-state index in [4.69, 9.17) is 5.73 Å². The highest BCUT2D eigenvalue weighted by atomic mass is 32.2. The summed E-state index contributed by atoms with van der Waals surface area (Å²) in [4.78, 5) is 37.3. The highest BCUT2D eigenvalue weighted by Crippen LogP contribution is 2.40. The predicted molar refractivity (Wildman–Crippen MR) is 89.8 cm³/mol. The van der Waals surface area contributed by atoms with Gasteiger partial charge in [0.1, 0.15) is 23.2 Å². The summed E-state index contributed by atoms with van der Waals surface area (Å²) in [6.07, 6.45) is 7.26. The molecule has 3 rings (SSSR count). The minimum absolute atomic E-state index is 0.0265. The molecule has 0 aromatic heterocycles. The van der Waals surface area contributed by atoms with E-state index in [-0.39, 0.29) is 11.1 Å². The van der Waals surface area contributed by atoms with Crippen LogP contribution in [0.4, 0.5) is 0 Å². The number of nitrogens with one attached hydrogen (secondary N) is 1. The summed E-state index contributed by atoms with van der Waals surface area (Å²) in [5.41, 5.74) is 7.49. The molecule has 0 saturated carbocycles. The van der Waals surface area contributed by atoms with Crippen LogP contribution in [0.15, 0.2) is 35.1 Å². The smallest absolute Gasteiger partial charge is 0.352 e. The van der Waals surface area contributed by atoms with Crippen molar-refractivity contribution in [2.24, 2.45) is 5.73 Å². The molecule has 0 aromatic rings. The molecule has 128 valence electrons. The Kier molecular flexibility index (Phi) is 4.51. The Labute approximate surface area is 143 Å². The number of carboxylic acid groups (broad SMARTS) is 1. The predicted octanol–water partition coefficient (Wildman–Crippen LogP) is 0.349. The molecule has 0 radical (unpaired) electrons. The molecule has 0 spiro atoms. The first-order valence-corrected chi connectivity index (χ1v) is 8.74. The maximum absolute atomic E-state index is 12.3. The van der Waals surface area contributed by atoms with E-state index < -0.39 is 29.9 Å². The van der Waals surface area contributed by atoms with Crippen LogP contribution in [0.2, 0.25) is 0 Å². The lowest BCUT2D eigenvalue weighted by Gasteiger charge is -2.49. The molecule has 7 nitrogen and oxygen atoms in total. The first kappa shape index (κ1) is 16.8. The average Bonchev–Trinajstić information content (AvgIpc) is 2.59. The zero-order valence-electron chi connectivity index (χ0n) is 13.2. The Morgan fingerprint density at radius 3 is 2.83 bits per heavy atom. The van der Waals surface area contributed by atoms with Gasteiger partial charge in [-0.15, -0.1) is 11.8 Å². The number of carbonyl (C=O) groups is 3. The van der Waals surface area contributed by atoms with Crippen molar-refractivity contribution in [1.82, 2.24) is 10.2 Å². The number of hydrogen-bond donors (Lipinski definition) is 3. The number of carboxylic acids is 1. The van der Waals surface area contributed by atoms with E-state index in [2.05, 4.69) is 5.32 Å².